The van der Waals surface area contributed by atoms with E-state index in [1.165, 1.54) is 14.2 Å². The average molecular weight is 331 g/mol. The Morgan fingerprint density at radius 1 is 1.16 bits per heavy atom. The molecule has 112 valence electrons. The number of esters is 2. The van der Waals surface area contributed by atoms with E-state index < -0.39 is 18.1 Å². The minimum atomic E-state index is -0.578. The molecule has 0 radical (unpaired) electrons. The Morgan fingerprint density at radius 3 is 2.16 bits per heavy atom. The standard InChI is InChI=1S/C10H19ClN2O4S2/c1-16-9(14)7(12)3-5-18-19-6-4-8(13-11)10(15)17-2/h7-8,13H,3-6,12H2,1-2H3/t7-,8-/m0/s1. The van der Waals surface area contributed by atoms with Crippen molar-refractivity contribution in [3.05, 3.63) is 0 Å². The van der Waals surface area contributed by atoms with Gasteiger partial charge in [-0.15, -0.1) is 0 Å². The van der Waals surface area contributed by atoms with Gasteiger partial charge in [-0.1, -0.05) is 21.6 Å². The van der Waals surface area contributed by atoms with Crippen molar-refractivity contribution in [3.8, 4) is 0 Å². The molecule has 0 saturated heterocycles. The van der Waals surface area contributed by atoms with Crippen molar-refractivity contribution in [2.75, 3.05) is 25.7 Å². The van der Waals surface area contributed by atoms with E-state index in [1.807, 2.05) is 0 Å². The van der Waals surface area contributed by atoms with Gasteiger partial charge in [0, 0.05) is 11.5 Å². The van der Waals surface area contributed by atoms with Crippen molar-refractivity contribution in [3.63, 3.8) is 0 Å². The van der Waals surface area contributed by atoms with Crippen LogP contribution in [0.3, 0.4) is 0 Å². The zero-order valence-electron chi connectivity index (χ0n) is 10.9. The lowest BCUT2D eigenvalue weighted by atomic mass is 10.2. The number of methoxy groups -OCH3 is 2. The van der Waals surface area contributed by atoms with Gasteiger partial charge in [0.15, 0.2) is 0 Å². The molecule has 0 fully saturated rings. The van der Waals surface area contributed by atoms with Crippen LogP contribution in [0.4, 0.5) is 0 Å². The molecule has 0 saturated carbocycles. The van der Waals surface area contributed by atoms with Gasteiger partial charge in [-0.05, 0) is 24.6 Å². The van der Waals surface area contributed by atoms with Crippen LogP contribution in [0.1, 0.15) is 12.8 Å². The predicted molar refractivity (Wildman–Crippen MR) is 78.9 cm³/mol. The quantitative estimate of drug-likeness (QED) is 0.265. The molecule has 9 heteroatoms. The van der Waals surface area contributed by atoms with Gasteiger partial charge in [-0.25, -0.2) is 4.84 Å². The first kappa shape index (κ1) is 18.9. The van der Waals surface area contributed by atoms with E-state index in [4.69, 9.17) is 17.5 Å². The Hall–Kier alpha value is -0.150. The fourth-order valence-corrected chi connectivity index (χ4v) is 3.49. The number of halogens is 1. The summed E-state index contributed by atoms with van der Waals surface area (Å²) in [6, 6.07) is -1.08. The molecular weight excluding hydrogens is 312 g/mol. The van der Waals surface area contributed by atoms with Crippen LogP contribution in [0.2, 0.25) is 0 Å². The molecule has 0 rings (SSSR count). The summed E-state index contributed by atoms with van der Waals surface area (Å²) in [7, 11) is 5.81. The van der Waals surface area contributed by atoms with Gasteiger partial charge in [0.2, 0.25) is 0 Å². The van der Waals surface area contributed by atoms with Crippen molar-refractivity contribution >= 4 is 45.3 Å². The third-order valence-corrected chi connectivity index (χ3v) is 4.94. The highest BCUT2D eigenvalue weighted by molar-refractivity contribution is 8.76. The van der Waals surface area contributed by atoms with Crippen LogP contribution in [0.25, 0.3) is 0 Å². The zero-order chi connectivity index (χ0) is 14.7. The largest absolute Gasteiger partial charge is 0.468 e. The van der Waals surface area contributed by atoms with Gasteiger partial charge in [-0.2, -0.15) is 0 Å². The van der Waals surface area contributed by atoms with E-state index in [0.717, 1.165) is 11.5 Å². The van der Waals surface area contributed by atoms with Crippen molar-refractivity contribution in [2.45, 2.75) is 24.9 Å². The third-order valence-electron chi connectivity index (χ3n) is 2.21. The molecule has 3 N–H and O–H groups in total. The van der Waals surface area contributed by atoms with Gasteiger partial charge in [0.25, 0.3) is 0 Å². The van der Waals surface area contributed by atoms with Gasteiger partial charge < -0.3 is 15.2 Å². The Balaban J connectivity index is 3.59. The molecular formula is C10H19ClN2O4S2. The Morgan fingerprint density at radius 2 is 1.68 bits per heavy atom. The lowest BCUT2D eigenvalue weighted by Gasteiger charge is -2.11. The maximum atomic E-state index is 11.2. The summed E-state index contributed by atoms with van der Waals surface area (Å²) in [4.78, 5) is 24.6. The summed E-state index contributed by atoms with van der Waals surface area (Å²) >= 11 is 5.44. The van der Waals surface area contributed by atoms with Crippen LogP contribution in [0.5, 0.6) is 0 Å². The van der Waals surface area contributed by atoms with Gasteiger partial charge in [0.1, 0.15) is 12.1 Å². The summed E-state index contributed by atoms with van der Waals surface area (Å²) < 4.78 is 9.10. The van der Waals surface area contributed by atoms with Crippen LogP contribution < -0.4 is 10.6 Å². The van der Waals surface area contributed by atoms with E-state index in [2.05, 4.69) is 14.3 Å². The number of ether oxygens (including phenoxy) is 2. The molecule has 0 aromatic carbocycles. The van der Waals surface area contributed by atoms with Crippen molar-refractivity contribution in [1.29, 1.82) is 0 Å². The minimum absolute atomic E-state index is 0.381. The van der Waals surface area contributed by atoms with Crippen LogP contribution in [-0.4, -0.2) is 49.7 Å². The van der Waals surface area contributed by atoms with Crippen LogP contribution >= 0.6 is 33.4 Å². The normalized spacial score (nSPS) is 13.7. The highest BCUT2D eigenvalue weighted by atomic mass is 35.5. The first-order valence-electron chi connectivity index (χ1n) is 5.58. The second kappa shape index (κ2) is 11.7. The first-order chi connectivity index (χ1) is 9.06. The number of carbonyl (C=O) groups excluding carboxylic acids is 2. The molecule has 2 atom stereocenters. The van der Waals surface area contributed by atoms with Gasteiger partial charge in [-0.3, -0.25) is 9.59 Å². The molecule has 0 unspecified atom stereocenters. The molecule has 0 aromatic rings. The van der Waals surface area contributed by atoms with E-state index >= 15 is 0 Å². The molecule has 0 aliphatic carbocycles. The summed E-state index contributed by atoms with van der Waals surface area (Å²) in [5.74, 6) is 0.687. The lowest BCUT2D eigenvalue weighted by molar-refractivity contribution is -0.143. The number of rotatable bonds is 10. The molecule has 0 spiro atoms. The number of nitrogens with two attached hydrogens (primary N) is 1. The molecule has 19 heavy (non-hydrogen) atoms. The third kappa shape index (κ3) is 8.59. The van der Waals surface area contributed by atoms with Crippen LogP contribution in [-0.2, 0) is 19.1 Å². The van der Waals surface area contributed by atoms with Gasteiger partial charge in [0.05, 0.1) is 14.2 Å². The van der Waals surface area contributed by atoms with Crippen molar-refractivity contribution in [1.82, 2.24) is 4.84 Å². The molecule has 0 bridgehead atoms. The number of hydrogen-bond acceptors (Lipinski definition) is 8. The molecule has 0 aromatic heterocycles. The Labute approximate surface area is 126 Å². The van der Waals surface area contributed by atoms with Crippen molar-refractivity contribution < 1.29 is 19.1 Å². The minimum Gasteiger partial charge on any atom is -0.468 e. The highest BCUT2D eigenvalue weighted by Crippen LogP contribution is 2.23. The van der Waals surface area contributed by atoms with Crippen molar-refractivity contribution in [2.24, 2.45) is 5.73 Å². The summed E-state index contributed by atoms with van der Waals surface area (Å²) in [6.07, 6.45) is 1.12. The Kier molecular flexibility index (Phi) is 11.6. The fourth-order valence-electron chi connectivity index (χ4n) is 1.09. The Bertz CT molecular complexity index is 284. The lowest BCUT2D eigenvalue weighted by Crippen LogP contribution is -2.32. The SMILES string of the molecule is COC(=O)[C@H](CCSSCC[C@H](N)C(=O)OC)NCl. The number of carbonyl (C=O) groups is 2. The topological polar surface area (TPSA) is 90.7 Å². The van der Waals surface area contributed by atoms with E-state index in [9.17, 15) is 9.59 Å². The molecule has 6 nitrogen and oxygen atoms in total. The number of nitrogens with one attached hydrogen (secondary N) is 1. The summed E-state index contributed by atoms with van der Waals surface area (Å²) in [6.45, 7) is 0. The average Bonchev–Trinajstić information content (AvgIpc) is 2.44. The molecule has 0 aliphatic heterocycles. The van der Waals surface area contributed by atoms with Gasteiger partial charge >= 0.3 is 11.9 Å². The maximum absolute atomic E-state index is 11.2. The monoisotopic (exact) mass is 330 g/mol. The predicted octanol–water partition coefficient (Wildman–Crippen LogP) is 0.933. The second-order valence-corrected chi connectivity index (χ2v) is 6.46. The van der Waals surface area contributed by atoms with E-state index in [-0.39, 0.29) is 5.97 Å². The summed E-state index contributed by atoms with van der Waals surface area (Å²) in [5, 5.41) is 0. The number of hydrogen-bond donors (Lipinski definition) is 2. The van der Waals surface area contributed by atoms with Crippen LogP contribution in [0.15, 0.2) is 0 Å². The van der Waals surface area contributed by atoms with E-state index in [0.29, 0.717) is 12.8 Å². The first-order valence-corrected chi connectivity index (χ1v) is 8.45. The van der Waals surface area contributed by atoms with E-state index in [1.54, 1.807) is 21.6 Å². The fraction of sp³-hybridized carbons (Fsp3) is 0.800. The van der Waals surface area contributed by atoms with Crippen LogP contribution in [0, 0.1) is 0 Å². The second-order valence-electron chi connectivity index (χ2n) is 3.54. The maximum Gasteiger partial charge on any atom is 0.324 e. The highest BCUT2D eigenvalue weighted by Gasteiger charge is 2.17. The molecule has 0 heterocycles. The summed E-state index contributed by atoms with van der Waals surface area (Å²) in [5.41, 5.74) is 5.58. The molecule has 0 aliphatic rings. The smallest absolute Gasteiger partial charge is 0.324 e. The zero-order valence-corrected chi connectivity index (χ0v) is 13.3. The molecule has 0 amide bonds.